The number of methoxy groups -OCH3 is 1. The molecule has 136 valence electrons. The highest BCUT2D eigenvalue weighted by Gasteiger charge is 2.17. The lowest BCUT2D eigenvalue weighted by molar-refractivity contribution is 0.102. The summed E-state index contributed by atoms with van der Waals surface area (Å²) in [5.41, 5.74) is 0.709. The minimum Gasteiger partial charge on any atom is -0.496 e. The number of aromatic nitrogens is 2. The van der Waals surface area contributed by atoms with Gasteiger partial charge in [0.2, 0.25) is 0 Å². The molecule has 0 atom stereocenters. The van der Waals surface area contributed by atoms with Gasteiger partial charge in [0.15, 0.2) is 11.5 Å². The zero-order valence-corrected chi connectivity index (χ0v) is 14.2. The van der Waals surface area contributed by atoms with Gasteiger partial charge in [-0.2, -0.15) is 5.26 Å². The molecule has 1 aromatic heterocycles. The van der Waals surface area contributed by atoms with Crippen LogP contribution in [0, 0.1) is 23.0 Å². The van der Waals surface area contributed by atoms with E-state index in [1.54, 1.807) is 17.7 Å². The fourth-order valence-electron chi connectivity index (χ4n) is 2.59. The van der Waals surface area contributed by atoms with E-state index in [4.69, 9.17) is 4.74 Å². The van der Waals surface area contributed by atoms with Gasteiger partial charge in [-0.1, -0.05) is 18.2 Å². The van der Waals surface area contributed by atoms with Crippen LogP contribution < -0.4 is 10.1 Å². The third kappa shape index (κ3) is 3.93. The van der Waals surface area contributed by atoms with Crippen molar-refractivity contribution in [2.75, 3.05) is 12.4 Å². The Morgan fingerprint density at radius 1 is 1.26 bits per heavy atom. The van der Waals surface area contributed by atoms with Crippen molar-refractivity contribution in [2.45, 2.75) is 6.54 Å². The van der Waals surface area contributed by atoms with Crippen LogP contribution in [-0.4, -0.2) is 22.6 Å². The molecule has 27 heavy (non-hydrogen) atoms. The Labute approximate surface area is 153 Å². The van der Waals surface area contributed by atoms with E-state index >= 15 is 0 Å². The molecular weight excluding hydrogens is 354 g/mol. The molecule has 2 aromatic carbocycles. The molecule has 0 radical (unpaired) electrons. The second kappa shape index (κ2) is 7.66. The van der Waals surface area contributed by atoms with Crippen molar-refractivity contribution in [3.63, 3.8) is 0 Å². The van der Waals surface area contributed by atoms with E-state index < -0.39 is 17.5 Å². The van der Waals surface area contributed by atoms with Gasteiger partial charge in [0.05, 0.1) is 20.0 Å². The lowest BCUT2D eigenvalue weighted by Crippen LogP contribution is -2.14. The van der Waals surface area contributed by atoms with Gasteiger partial charge in [-0.3, -0.25) is 4.79 Å². The molecule has 0 unspecified atom stereocenters. The number of carbonyl (C=O) groups is 1. The average molecular weight is 368 g/mol. The number of hydrogen-bond donors (Lipinski definition) is 1. The molecule has 0 fully saturated rings. The Balaban J connectivity index is 1.86. The minimum absolute atomic E-state index is 0.00191. The van der Waals surface area contributed by atoms with Crippen LogP contribution in [0.4, 0.5) is 14.6 Å². The molecule has 0 saturated carbocycles. The summed E-state index contributed by atoms with van der Waals surface area (Å²) in [6.07, 6.45) is 1.40. The highest BCUT2D eigenvalue weighted by Crippen LogP contribution is 2.21. The number of nitriles is 1. The third-order valence-corrected chi connectivity index (χ3v) is 3.83. The first kappa shape index (κ1) is 18.1. The smallest absolute Gasteiger partial charge is 0.257 e. The summed E-state index contributed by atoms with van der Waals surface area (Å²) < 4.78 is 33.4. The highest BCUT2D eigenvalue weighted by atomic mass is 19.1. The van der Waals surface area contributed by atoms with Crippen LogP contribution in [0.5, 0.6) is 5.75 Å². The Bertz CT molecular complexity index is 1020. The molecule has 0 saturated heterocycles. The zero-order chi connectivity index (χ0) is 19.4. The maximum Gasteiger partial charge on any atom is 0.257 e. The molecule has 0 aliphatic rings. The molecule has 6 nitrogen and oxygen atoms in total. The summed E-state index contributed by atoms with van der Waals surface area (Å²) in [4.78, 5) is 16.3. The normalized spacial score (nSPS) is 10.3. The monoisotopic (exact) mass is 368 g/mol. The third-order valence-electron chi connectivity index (χ3n) is 3.83. The number of carbonyl (C=O) groups excluding carboxylic acids is 1. The van der Waals surface area contributed by atoms with Gasteiger partial charge in [0.25, 0.3) is 5.91 Å². The van der Waals surface area contributed by atoms with Crippen LogP contribution in [0.1, 0.15) is 21.6 Å². The van der Waals surface area contributed by atoms with E-state index in [1.165, 1.54) is 6.33 Å². The predicted octanol–water partition coefficient (Wildman–Crippen LogP) is 3.34. The Morgan fingerprint density at radius 3 is 2.63 bits per heavy atom. The van der Waals surface area contributed by atoms with Crippen LogP contribution in [0.2, 0.25) is 0 Å². The van der Waals surface area contributed by atoms with Crippen molar-refractivity contribution < 1.29 is 18.3 Å². The molecule has 0 aliphatic heterocycles. The number of imidazole rings is 1. The SMILES string of the molecule is COc1ccccc1Cn1cnc(NC(=O)c2cc(F)cc(F)c2)c1C#N. The Hall–Kier alpha value is -3.73. The lowest BCUT2D eigenvalue weighted by Gasteiger charge is -2.09. The molecular formula is C19H14F2N4O2. The molecule has 0 spiro atoms. The first-order chi connectivity index (χ1) is 13.0. The lowest BCUT2D eigenvalue weighted by atomic mass is 10.2. The predicted molar refractivity (Wildman–Crippen MR) is 93.3 cm³/mol. The van der Waals surface area contributed by atoms with Crippen molar-refractivity contribution in [1.82, 2.24) is 9.55 Å². The molecule has 3 rings (SSSR count). The summed E-state index contributed by atoms with van der Waals surface area (Å²) in [5.74, 6) is -1.87. The maximum atomic E-state index is 13.3. The first-order valence-electron chi connectivity index (χ1n) is 7.86. The molecule has 0 aliphatic carbocycles. The number of amides is 1. The van der Waals surface area contributed by atoms with Gasteiger partial charge < -0.3 is 14.6 Å². The largest absolute Gasteiger partial charge is 0.496 e. The van der Waals surface area contributed by atoms with Gasteiger partial charge in [-0.15, -0.1) is 0 Å². The summed E-state index contributed by atoms with van der Waals surface area (Å²) in [6.45, 7) is 0.296. The van der Waals surface area contributed by atoms with E-state index in [-0.39, 0.29) is 17.1 Å². The van der Waals surface area contributed by atoms with E-state index in [0.29, 0.717) is 18.4 Å². The number of para-hydroxylation sites is 1. The van der Waals surface area contributed by atoms with E-state index in [9.17, 15) is 18.8 Å². The number of ether oxygens (including phenoxy) is 1. The number of nitrogens with zero attached hydrogens (tertiary/aromatic N) is 3. The second-order valence-electron chi connectivity index (χ2n) is 5.61. The van der Waals surface area contributed by atoms with Crippen LogP contribution in [-0.2, 0) is 6.54 Å². The number of halogens is 2. The van der Waals surface area contributed by atoms with Gasteiger partial charge >= 0.3 is 0 Å². The molecule has 8 heteroatoms. The van der Waals surface area contributed by atoms with Crippen molar-refractivity contribution in [3.05, 3.63) is 77.2 Å². The number of nitrogens with one attached hydrogen (secondary N) is 1. The molecule has 1 N–H and O–H groups in total. The van der Waals surface area contributed by atoms with Crippen LogP contribution in [0.25, 0.3) is 0 Å². The van der Waals surface area contributed by atoms with E-state index in [2.05, 4.69) is 10.3 Å². The number of hydrogen-bond acceptors (Lipinski definition) is 4. The van der Waals surface area contributed by atoms with E-state index in [1.807, 2.05) is 24.3 Å². The van der Waals surface area contributed by atoms with Gasteiger partial charge in [0.1, 0.15) is 23.5 Å². The summed E-state index contributed by atoms with van der Waals surface area (Å²) in [5, 5.41) is 11.9. The Morgan fingerprint density at radius 2 is 1.96 bits per heavy atom. The van der Waals surface area contributed by atoms with Gasteiger partial charge in [-0.05, 0) is 18.2 Å². The van der Waals surface area contributed by atoms with E-state index in [0.717, 1.165) is 17.7 Å². The quantitative estimate of drug-likeness (QED) is 0.749. The van der Waals surface area contributed by atoms with Crippen molar-refractivity contribution >= 4 is 11.7 Å². The van der Waals surface area contributed by atoms with Gasteiger partial charge in [0, 0.05) is 17.2 Å². The number of anilines is 1. The second-order valence-corrected chi connectivity index (χ2v) is 5.61. The fourth-order valence-corrected chi connectivity index (χ4v) is 2.59. The summed E-state index contributed by atoms with van der Waals surface area (Å²) in [7, 11) is 1.54. The summed E-state index contributed by atoms with van der Waals surface area (Å²) >= 11 is 0. The maximum absolute atomic E-state index is 13.3. The minimum atomic E-state index is -0.873. The molecule has 3 aromatic rings. The zero-order valence-electron chi connectivity index (χ0n) is 14.2. The first-order valence-corrected chi connectivity index (χ1v) is 7.86. The van der Waals surface area contributed by atoms with Crippen LogP contribution in [0.3, 0.4) is 0 Å². The topological polar surface area (TPSA) is 79.9 Å². The molecule has 0 bridgehead atoms. The Kier molecular flexibility index (Phi) is 5.13. The summed E-state index contributed by atoms with van der Waals surface area (Å²) in [6, 6.07) is 11.7. The number of benzene rings is 2. The fraction of sp³-hybridized carbons (Fsp3) is 0.105. The van der Waals surface area contributed by atoms with Crippen LogP contribution >= 0.6 is 0 Å². The standard InChI is InChI=1S/C19H14F2N4O2/c1-27-17-5-3-2-4-12(17)10-25-11-23-18(16(25)9-22)24-19(26)13-6-14(20)8-15(21)7-13/h2-8,11H,10H2,1H3,(H,24,26). The van der Waals surface area contributed by atoms with Crippen molar-refractivity contribution in [1.29, 1.82) is 5.26 Å². The number of rotatable bonds is 5. The molecule has 1 heterocycles. The average Bonchev–Trinajstić information content (AvgIpc) is 3.02. The van der Waals surface area contributed by atoms with Crippen molar-refractivity contribution in [2.24, 2.45) is 0 Å². The highest BCUT2D eigenvalue weighted by molar-refractivity contribution is 6.04. The molecule has 1 amide bonds. The van der Waals surface area contributed by atoms with Gasteiger partial charge in [-0.25, -0.2) is 13.8 Å². The van der Waals surface area contributed by atoms with Crippen molar-refractivity contribution in [3.8, 4) is 11.8 Å². The van der Waals surface area contributed by atoms with Crippen LogP contribution in [0.15, 0.2) is 48.8 Å².